The maximum atomic E-state index is 6.10. The van der Waals surface area contributed by atoms with Gasteiger partial charge in [-0.25, -0.2) is 0 Å². The van der Waals surface area contributed by atoms with Gasteiger partial charge in [-0.3, -0.25) is 0 Å². The first-order valence-corrected chi connectivity index (χ1v) is 5.58. The van der Waals surface area contributed by atoms with Crippen molar-refractivity contribution in [2.75, 3.05) is 6.61 Å². The van der Waals surface area contributed by atoms with Crippen LogP contribution in [0.5, 0.6) is 0 Å². The van der Waals surface area contributed by atoms with Gasteiger partial charge in [0.2, 0.25) is 0 Å². The van der Waals surface area contributed by atoms with E-state index in [1.54, 1.807) is 0 Å². The van der Waals surface area contributed by atoms with E-state index in [1.807, 2.05) is 6.07 Å². The van der Waals surface area contributed by atoms with E-state index in [4.69, 9.17) is 16.3 Å². The summed E-state index contributed by atoms with van der Waals surface area (Å²) in [4.78, 5) is 0. The third-order valence-corrected chi connectivity index (χ3v) is 3.01. The molecule has 2 heteroatoms. The summed E-state index contributed by atoms with van der Waals surface area (Å²) in [6.07, 6.45) is 3.28. The van der Waals surface area contributed by atoms with Gasteiger partial charge in [0.15, 0.2) is 0 Å². The Morgan fingerprint density at radius 2 is 2.07 bits per heavy atom. The van der Waals surface area contributed by atoms with Crippen LogP contribution >= 0.6 is 11.6 Å². The van der Waals surface area contributed by atoms with E-state index in [-0.39, 0.29) is 0 Å². The smallest absolute Gasteiger partial charge is 0.0629 e. The zero-order chi connectivity index (χ0) is 9.80. The van der Waals surface area contributed by atoms with E-state index in [0.29, 0.717) is 11.5 Å². The summed E-state index contributed by atoms with van der Waals surface area (Å²) in [6, 6.07) is 10.4. The lowest BCUT2D eigenvalue weighted by Crippen LogP contribution is -2.27. The molecule has 0 aliphatic carbocycles. The van der Waals surface area contributed by atoms with Crippen LogP contribution in [0, 0.1) is 0 Å². The lowest BCUT2D eigenvalue weighted by Gasteiger charge is -2.26. The minimum absolute atomic E-state index is 0.303. The third-order valence-electron chi connectivity index (χ3n) is 2.61. The highest BCUT2D eigenvalue weighted by molar-refractivity contribution is 6.20. The van der Waals surface area contributed by atoms with Crippen LogP contribution in [0.4, 0.5) is 0 Å². The zero-order valence-corrected chi connectivity index (χ0v) is 8.91. The quantitative estimate of drug-likeness (QED) is 0.682. The summed E-state index contributed by atoms with van der Waals surface area (Å²) < 4.78 is 5.67. The summed E-state index contributed by atoms with van der Waals surface area (Å²) in [5.74, 6) is 0. The summed E-state index contributed by atoms with van der Waals surface area (Å²) in [7, 11) is 0. The second-order valence-electron chi connectivity index (χ2n) is 3.80. The fourth-order valence-corrected chi connectivity index (χ4v) is 2.14. The Bertz CT molecular complexity index is 273. The molecule has 2 rings (SSSR count). The molecule has 0 saturated carbocycles. The van der Waals surface area contributed by atoms with Crippen LogP contribution in [0.15, 0.2) is 30.3 Å². The molecular formula is C12H15ClO. The van der Waals surface area contributed by atoms with Gasteiger partial charge >= 0.3 is 0 Å². The predicted octanol–water partition coefficient (Wildman–Crippen LogP) is 3.02. The van der Waals surface area contributed by atoms with Crippen LogP contribution < -0.4 is 0 Å². The van der Waals surface area contributed by atoms with Crippen molar-refractivity contribution in [3.8, 4) is 0 Å². The standard InChI is InChI=1S/C12H15ClO/c13-11-6-7-14-12(9-11)8-10-4-2-1-3-5-10/h1-5,11-12H,6-9H2/t11-,12-/m1/s1. The van der Waals surface area contributed by atoms with E-state index in [9.17, 15) is 0 Å². The maximum absolute atomic E-state index is 6.10. The number of hydrogen-bond donors (Lipinski definition) is 0. The van der Waals surface area contributed by atoms with Crippen molar-refractivity contribution < 1.29 is 4.74 Å². The first-order chi connectivity index (χ1) is 6.84. The molecule has 1 aliphatic heterocycles. The molecule has 0 N–H and O–H groups in total. The molecule has 14 heavy (non-hydrogen) atoms. The van der Waals surface area contributed by atoms with Crippen molar-refractivity contribution >= 4 is 11.6 Å². The predicted molar refractivity (Wildman–Crippen MR) is 58.8 cm³/mol. The molecule has 0 amide bonds. The molecule has 1 saturated heterocycles. The average molecular weight is 211 g/mol. The van der Waals surface area contributed by atoms with E-state index in [0.717, 1.165) is 25.9 Å². The molecule has 1 aromatic carbocycles. The molecule has 2 atom stereocenters. The molecule has 1 heterocycles. The molecule has 0 bridgehead atoms. The minimum Gasteiger partial charge on any atom is -0.378 e. The van der Waals surface area contributed by atoms with E-state index >= 15 is 0 Å². The first-order valence-electron chi connectivity index (χ1n) is 5.14. The monoisotopic (exact) mass is 210 g/mol. The summed E-state index contributed by atoms with van der Waals surface area (Å²) in [6.45, 7) is 0.811. The van der Waals surface area contributed by atoms with Gasteiger partial charge in [-0.1, -0.05) is 30.3 Å². The van der Waals surface area contributed by atoms with E-state index < -0.39 is 0 Å². The lowest BCUT2D eigenvalue weighted by molar-refractivity contribution is 0.0187. The van der Waals surface area contributed by atoms with Crippen LogP contribution in [0.1, 0.15) is 18.4 Å². The first kappa shape index (κ1) is 10.0. The third kappa shape index (κ3) is 2.73. The Labute approximate surface area is 90.0 Å². The van der Waals surface area contributed by atoms with Gasteiger partial charge < -0.3 is 4.74 Å². The Kier molecular flexibility index (Phi) is 3.44. The maximum Gasteiger partial charge on any atom is 0.0629 e. The minimum atomic E-state index is 0.303. The highest BCUT2D eigenvalue weighted by Gasteiger charge is 2.20. The number of rotatable bonds is 2. The van der Waals surface area contributed by atoms with Crippen molar-refractivity contribution in [3.05, 3.63) is 35.9 Å². The van der Waals surface area contributed by atoms with Gasteiger partial charge in [-0.05, 0) is 24.8 Å². The number of alkyl halides is 1. The van der Waals surface area contributed by atoms with Crippen molar-refractivity contribution in [1.82, 2.24) is 0 Å². The number of halogens is 1. The van der Waals surface area contributed by atoms with Crippen LogP contribution in [0.3, 0.4) is 0 Å². The molecule has 76 valence electrons. The fraction of sp³-hybridized carbons (Fsp3) is 0.500. The van der Waals surface area contributed by atoms with Gasteiger partial charge in [0.25, 0.3) is 0 Å². The normalized spacial score (nSPS) is 27.5. The largest absolute Gasteiger partial charge is 0.378 e. The van der Waals surface area contributed by atoms with Gasteiger partial charge in [-0.15, -0.1) is 11.6 Å². The van der Waals surface area contributed by atoms with Crippen molar-refractivity contribution in [1.29, 1.82) is 0 Å². The number of hydrogen-bond acceptors (Lipinski definition) is 1. The van der Waals surface area contributed by atoms with E-state index in [1.165, 1.54) is 5.56 Å². The molecule has 1 nitrogen and oxygen atoms in total. The Hall–Kier alpha value is -0.530. The van der Waals surface area contributed by atoms with Crippen LogP contribution in [0.25, 0.3) is 0 Å². The SMILES string of the molecule is Cl[C@@H]1CCO[C@H](Cc2ccccc2)C1. The second kappa shape index (κ2) is 4.81. The second-order valence-corrected chi connectivity index (χ2v) is 4.42. The van der Waals surface area contributed by atoms with Gasteiger partial charge in [0.1, 0.15) is 0 Å². The molecule has 0 unspecified atom stereocenters. The highest BCUT2D eigenvalue weighted by Crippen LogP contribution is 2.21. The molecular weight excluding hydrogens is 196 g/mol. The molecule has 1 aliphatic rings. The average Bonchev–Trinajstić information content (AvgIpc) is 2.19. The van der Waals surface area contributed by atoms with Gasteiger partial charge in [0, 0.05) is 12.0 Å². The molecule has 0 spiro atoms. The lowest BCUT2D eigenvalue weighted by atomic mass is 10.0. The fourth-order valence-electron chi connectivity index (χ4n) is 1.85. The molecule has 1 fully saturated rings. The molecule has 0 radical (unpaired) electrons. The summed E-state index contributed by atoms with van der Waals surface area (Å²) >= 11 is 6.10. The van der Waals surface area contributed by atoms with Crippen molar-refractivity contribution in [2.45, 2.75) is 30.7 Å². The molecule has 0 aromatic heterocycles. The Morgan fingerprint density at radius 3 is 2.79 bits per heavy atom. The van der Waals surface area contributed by atoms with Crippen LogP contribution in [0.2, 0.25) is 0 Å². The van der Waals surface area contributed by atoms with Crippen LogP contribution in [-0.4, -0.2) is 18.1 Å². The topological polar surface area (TPSA) is 9.23 Å². The Balaban J connectivity index is 1.91. The van der Waals surface area contributed by atoms with Gasteiger partial charge in [-0.2, -0.15) is 0 Å². The van der Waals surface area contributed by atoms with E-state index in [2.05, 4.69) is 24.3 Å². The number of ether oxygens (including phenoxy) is 1. The van der Waals surface area contributed by atoms with Crippen molar-refractivity contribution in [3.63, 3.8) is 0 Å². The van der Waals surface area contributed by atoms with Gasteiger partial charge in [0.05, 0.1) is 6.10 Å². The summed E-state index contributed by atoms with van der Waals surface area (Å²) in [5, 5.41) is 0.303. The summed E-state index contributed by atoms with van der Waals surface area (Å²) in [5.41, 5.74) is 1.34. The van der Waals surface area contributed by atoms with Crippen molar-refractivity contribution in [2.24, 2.45) is 0 Å². The highest BCUT2D eigenvalue weighted by atomic mass is 35.5. The number of benzene rings is 1. The van der Waals surface area contributed by atoms with Crippen LogP contribution in [-0.2, 0) is 11.2 Å². The molecule has 1 aromatic rings. The zero-order valence-electron chi connectivity index (χ0n) is 8.16. The Morgan fingerprint density at radius 1 is 1.29 bits per heavy atom.